The van der Waals surface area contributed by atoms with Gasteiger partial charge in [0.1, 0.15) is 33.2 Å². The molecule has 39 heavy (non-hydrogen) atoms. The molecule has 1 amide bonds. The summed E-state index contributed by atoms with van der Waals surface area (Å²) < 4.78 is 61.3. The van der Waals surface area contributed by atoms with Crippen LogP contribution >= 0.6 is 0 Å². The summed E-state index contributed by atoms with van der Waals surface area (Å²) in [5.41, 5.74) is -2.19. The molecule has 2 aliphatic rings. The average Bonchev–Trinajstić information content (AvgIpc) is 3.35. The fourth-order valence-electron chi connectivity index (χ4n) is 5.00. The number of Topliss-reactive ketones (excluding diaryl/α,β-unsaturated/α-hetero) is 1. The predicted molar refractivity (Wildman–Crippen MR) is 140 cm³/mol. The number of aliphatic imine (C=N–C) groups is 1. The normalized spacial score (nSPS) is 24.4. The molecule has 0 unspecified atom stereocenters. The SMILES string of the molecule is CN1C(NC(=O)OC(C)(C)C)=N[C@](C)(c2cc(CC(=O)c3ccc(F)cn3)ccc2F)[C@@]2(CCNC2)S1(=O)=O. The molecule has 1 fully saturated rings. The van der Waals surface area contributed by atoms with Crippen LogP contribution in [0.4, 0.5) is 13.6 Å². The molecule has 210 valence electrons. The molecule has 2 atom stereocenters. The zero-order valence-electron chi connectivity index (χ0n) is 22.3. The molecule has 2 aliphatic heterocycles. The molecule has 0 radical (unpaired) electrons. The van der Waals surface area contributed by atoms with Crippen molar-refractivity contribution in [3.05, 3.63) is 65.0 Å². The maximum atomic E-state index is 15.6. The Morgan fingerprint density at radius 3 is 2.51 bits per heavy atom. The molecule has 1 aromatic carbocycles. The molecule has 4 rings (SSSR count). The van der Waals surface area contributed by atoms with Gasteiger partial charge in [-0.2, -0.15) is 0 Å². The number of nitrogens with zero attached hydrogens (tertiary/aromatic N) is 3. The Labute approximate surface area is 225 Å². The Hall–Kier alpha value is -3.45. The van der Waals surface area contributed by atoms with E-state index < -0.39 is 49.4 Å². The van der Waals surface area contributed by atoms with Crippen LogP contribution in [0.1, 0.15) is 55.7 Å². The second-order valence-corrected chi connectivity index (χ2v) is 13.1. The number of pyridine rings is 1. The number of hydrogen-bond donors (Lipinski definition) is 2. The van der Waals surface area contributed by atoms with Crippen LogP contribution in [0.3, 0.4) is 0 Å². The minimum Gasteiger partial charge on any atom is -0.444 e. The Morgan fingerprint density at radius 1 is 1.21 bits per heavy atom. The first-order chi connectivity index (χ1) is 18.1. The topological polar surface area (TPSA) is 130 Å². The fourth-order valence-corrected chi connectivity index (χ4v) is 7.14. The highest BCUT2D eigenvalue weighted by molar-refractivity contribution is 7.91. The quantitative estimate of drug-likeness (QED) is 0.547. The number of rotatable bonds is 4. The lowest BCUT2D eigenvalue weighted by atomic mass is 9.77. The van der Waals surface area contributed by atoms with Crippen LogP contribution < -0.4 is 10.6 Å². The third-order valence-electron chi connectivity index (χ3n) is 7.03. The van der Waals surface area contributed by atoms with Gasteiger partial charge in [0.15, 0.2) is 5.78 Å². The minimum atomic E-state index is -4.20. The number of ketones is 1. The van der Waals surface area contributed by atoms with Crippen LogP contribution in [0.2, 0.25) is 0 Å². The summed E-state index contributed by atoms with van der Waals surface area (Å²) in [7, 11) is -2.93. The molecule has 0 bridgehead atoms. The number of hydrogen-bond acceptors (Lipinski definition) is 8. The van der Waals surface area contributed by atoms with Crippen molar-refractivity contribution in [1.29, 1.82) is 0 Å². The van der Waals surface area contributed by atoms with Crippen molar-refractivity contribution >= 4 is 27.9 Å². The molecule has 1 spiro atoms. The Kier molecular flexibility index (Phi) is 7.28. The molecule has 1 aromatic heterocycles. The molecule has 2 N–H and O–H groups in total. The third-order valence-corrected chi connectivity index (χ3v) is 9.66. The molecule has 0 aliphatic carbocycles. The number of amides is 1. The van der Waals surface area contributed by atoms with Gasteiger partial charge in [-0.15, -0.1) is 0 Å². The van der Waals surface area contributed by atoms with Crippen LogP contribution in [0, 0.1) is 11.6 Å². The first-order valence-corrected chi connectivity index (χ1v) is 13.8. The van der Waals surface area contributed by atoms with Gasteiger partial charge in [-0.05, 0) is 70.5 Å². The van der Waals surface area contributed by atoms with Gasteiger partial charge in [-0.1, -0.05) is 6.07 Å². The maximum absolute atomic E-state index is 15.6. The molecular formula is C26H31F2N5O5S. The van der Waals surface area contributed by atoms with E-state index in [9.17, 15) is 22.4 Å². The van der Waals surface area contributed by atoms with E-state index in [2.05, 4.69) is 20.6 Å². The van der Waals surface area contributed by atoms with Gasteiger partial charge in [-0.25, -0.2) is 31.3 Å². The zero-order chi connectivity index (χ0) is 28.8. The number of nitrogens with one attached hydrogen (secondary N) is 2. The lowest BCUT2D eigenvalue weighted by molar-refractivity contribution is 0.0558. The van der Waals surface area contributed by atoms with Gasteiger partial charge < -0.3 is 10.1 Å². The number of carbonyl (C=O) groups is 2. The minimum absolute atomic E-state index is 0.0124. The van der Waals surface area contributed by atoms with Crippen LogP contribution in [0.25, 0.3) is 0 Å². The van der Waals surface area contributed by atoms with Crippen molar-refractivity contribution in [1.82, 2.24) is 19.9 Å². The third kappa shape index (κ3) is 5.12. The van der Waals surface area contributed by atoms with Gasteiger partial charge in [0.25, 0.3) is 0 Å². The standard InChI is InChI=1S/C26H31F2N5O5S/c1-24(2,3)38-23(35)31-22-32-25(4,26(10-11-29-15-26)39(36,37)33(22)5)18-12-16(6-8-19(18)28)13-21(34)20-9-7-17(27)14-30-20/h6-9,12,14,29H,10-11,13,15H2,1-5H3,(H,31,32,35)/t25-,26+/m1/s1. The summed E-state index contributed by atoms with van der Waals surface area (Å²) in [5, 5.41) is 5.46. The number of benzene rings is 1. The summed E-state index contributed by atoms with van der Waals surface area (Å²) >= 11 is 0. The molecule has 13 heteroatoms. The number of halogens is 2. The lowest BCUT2D eigenvalue weighted by Crippen LogP contribution is -2.66. The van der Waals surface area contributed by atoms with Crippen molar-refractivity contribution < 1.29 is 31.5 Å². The largest absolute Gasteiger partial charge is 0.444 e. The highest BCUT2D eigenvalue weighted by Crippen LogP contribution is 2.50. The van der Waals surface area contributed by atoms with Crippen LogP contribution in [0.15, 0.2) is 41.5 Å². The fraction of sp³-hybridized carbons (Fsp3) is 0.462. The van der Waals surface area contributed by atoms with E-state index in [1.165, 1.54) is 32.2 Å². The second kappa shape index (κ2) is 9.94. The molecule has 10 nitrogen and oxygen atoms in total. The van der Waals surface area contributed by atoms with E-state index in [4.69, 9.17) is 4.74 Å². The molecule has 0 saturated carbocycles. The van der Waals surface area contributed by atoms with Gasteiger partial charge in [0.2, 0.25) is 16.0 Å². The van der Waals surface area contributed by atoms with Crippen LogP contribution in [0.5, 0.6) is 0 Å². The smallest absolute Gasteiger partial charge is 0.414 e. The van der Waals surface area contributed by atoms with Crippen LogP contribution in [-0.2, 0) is 26.7 Å². The maximum Gasteiger partial charge on any atom is 0.414 e. The van der Waals surface area contributed by atoms with Gasteiger partial charge in [0.05, 0.1) is 6.20 Å². The number of carbonyl (C=O) groups excluding carboxylic acids is 2. The first kappa shape index (κ1) is 28.6. The molecule has 2 aromatic rings. The highest BCUT2D eigenvalue weighted by Gasteiger charge is 2.65. The number of aromatic nitrogens is 1. The summed E-state index contributed by atoms with van der Waals surface area (Å²) in [6.07, 6.45) is -0.0511. The second-order valence-electron chi connectivity index (χ2n) is 10.8. The van der Waals surface area contributed by atoms with E-state index in [1.54, 1.807) is 20.8 Å². The van der Waals surface area contributed by atoms with Crippen molar-refractivity contribution in [3.8, 4) is 0 Å². The van der Waals surface area contributed by atoms with Crippen molar-refractivity contribution in [2.24, 2.45) is 4.99 Å². The van der Waals surface area contributed by atoms with E-state index in [0.717, 1.165) is 22.6 Å². The number of alkyl carbamates (subject to hydrolysis) is 1. The lowest BCUT2D eigenvalue weighted by Gasteiger charge is -2.49. The number of sulfonamides is 1. The van der Waals surface area contributed by atoms with E-state index in [1.807, 2.05) is 0 Å². The molecule has 3 heterocycles. The van der Waals surface area contributed by atoms with Gasteiger partial charge in [0, 0.05) is 25.6 Å². The van der Waals surface area contributed by atoms with Crippen molar-refractivity contribution in [2.45, 2.75) is 56.4 Å². The van der Waals surface area contributed by atoms with Gasteiger partial charge in [-0.3, -0.25) is 15.1 Å². The Morgan fingerprint density at radius 2 is 1.92 bits per heavy atom. The van der Waals surface area contributed by atoms with E-state index in [0.29, 0.717) is 12.1 Å². The van der Waals surface area contributed by atoms with Gasteiger partial charge >= 0.3 is 6.09 Å². The Bertz CT molecular complexity index is 1430. The van der Waals surface area contributed by atoms with Crippen molar-refractivity contribution in [2.75, 3.05) is 20.1 Å². The summed E-state index contributed by atoms with van der Waals surface area (Å²) in [6, 6.07) is 6.35. The number of guanidine groups is 1. The monoisotopic (exact) mass is 563 g/mol. The molecule has 1 saturated heterocycles. The molecular weight excluding hydrogens is 532 g/mol. The Balaban J connectivity index is 1.81. The summed E-state index contributed by atoms with van der Waals surface area (Å²) in [5.74, 6) is -2.06. The van der Waals surface area contributed by atoms with Crippen LogP contribution in [-0.4, -0.2) is 66.0 Å². The first-order valence-electron chi connectivity index (χ1n) is 12.3. The number of ether oxygens (including phenoxy) is 1. The highest BCUT2D eigenvalue weighted by atomic mass is 32.2. The van der Waals surface area contributed by atoms with E-state index >= 15 is 4.39 Å². The van der Waals surface area contributed by atoms with E-state index in [-0.39, 0.29) is 36.6 Å². The van der Waals surface area contributed by atoms with Crippen molar-refractivity contribution in [3.63, 3.8) is 0 Å². The summed E-state index contributed by atoms with van der Waals surface area (Å²) in [4.78, 5) is 33.8. The summed E-state index contributed by atoms with van der Waals surface area (Å²) in [6.45, 7) is 6.81. The zero-order valence-corrected chi connectivity index (χ0v) is 23.2. The predicted octanol–water partition coefficient (Wildman–Crippen LogP) is 2.89. The average molecular weight is 564 g/mol.